The first kappa shape index (κ1) is 16.5. The van der Waals surface area contributed by atoms with Gasteiger partial charge in [-0.1, -0.05) is 11.6 Å². The van der Waals surface area contributed by atoms with Gasteiger partial charge < -0.3 is 9.47 Å². The molecule has 6 heteroatoms. The van der Waals surface area contributed by atoms with Crippen molar-refractivity contribution in [3.05, 3.63) is 28.8 Å². The van der Waals surface area contributed by atoms with E-state index in [2.05, 4.69) is 28.5 Å². The van der Waals surface area contributed by atoms with Crippen LogP contribution in [0.1, 0.15) is 18.7 Å². The van der Waals surface area contributed by atoms with Gasteiger partial charge in [0.05, 0.1) is 16.1 Å². The molecule has 1 aromatic heterocycles. The van der Waals surface area contributed by atoms with Crippen molar-refractivity contribution in [2.45, 2.75) is 25.8 Å². The zero-order valence-corrected chi connectivity index (χ0v) is 13.9. The van der Waals surface area contributed by atoms with E-state index in [0.29, 0.717) is 17.8 Å². The second kappa shape index (κ2) is 7.43. The van der Waals surface area contributed by atoms with Gasteiger partial charge in [0.1, 0.15) is 11.6 Å². The third-order valence-electron chi connectivity index (χ3n) is 3.42. The van der Waals surface area contributed by atoms with Crippen molar-refractivity contribution in [2.75, 3.05) is 26.5 Å². The van der Waals surface area contributed by atoms with Crippen LogP contribution in [-0.2, 0) is 13.0 Å². The second-order valence-electron chi connectivity index (χ2n) is 5.38. The van der Waals surface area contributed by atoms with Crippen molar-refractivity contribution >= 4 is 34.2 Å². The Morgan fingerprint density at radius 2 is 2.05 bits per heavy atom. The number of alkyl halides is 1. The fraction of sp³-hybridized carbons (Fsp3) is 0.533. The standard InChI is InChI=1S/C15H20Cl2FN3/c1-20(2)7-3-4-8-21-14-9-11(17)12(18)10-13(14)19-15(21)5-6-16/h9-10H,3-8H2,1-2H3. The molecular weight excluding hydrogens is 312 g/mol. The summed E-state index contributed by atoms with van der Waals surface area (Å²) in [5.74, 6) is 0.961. The number of halogens is 3. The maximum atomic E-state index is 13.6. The Labute approximate surface area is 134 Å². The number of fused-ring (bicyclic) bond motifs is 1. The first-order valence-corrected chi connectivity index (χ1v) is 7.99. The topological polar surface area (TPSA) is 21.1 Å². The van der Waals surface area contributed by atoms with Crippen LogP contribution in [0.15, 0.2) is 12.1 Å². The molecule has 0 saturated carbocycles. The van der Waals surface area contributed by atoms with E-state index in [4.69, 9.17) is 23.2 Å². The van der Waals surface area contributed by atoms with E-state index in [-0.39, 0.29) is 5.02 Å². The lowest BCUT2D eigenvalue weighted by atomic mass is 10.2. The summed E-state index contributed by atoms with van der Waals surface area (Å²) in [5.41, 5.74) is 1.52. The Balaban J connectivity index is 2.25. The minimum atomic E-state index is -0.432. The van der Waals surface area contributed by atoms with Crippen LogP contribution in [-0.4, -0.2) is 41.0 Å². The summed E-state index contributed by atoms with van der Waals surface area (Å²) in [4.78, 5) is 6.65. The largest absolute Gasteiger partial charge is 0.328 e. The molecule has 0 saturated heterocycles. The average molecular weight is 332 g/mol. The molecule has 1 heterocycles. The van der Waals surface area contributed by atoms with E-state index in [1.807, 2.05) is 0 Å². The van der Waals surface area contributed by atoms with Crippen LogP contribution in [0.2, 0.25) is 5.02 Å². The molecule has 0 N–H and O–H groups in total. The number of unbranched alkanes of at least 4 members (excludes halogenated alkanes) is 1. The number of aryl methyl sites for hydroxylation is 2. The van der Waals surface area contributed by atoms with Crippen LogP contribution in [0.3, 0.4) is 0 Å². The van der Waals surface area contributed by atoms with Gasteiger partial charge in [0.25, 0.3) is 0 Å². The van der Waals surface area contributed by atoms with Crippen molar-refractivity contribution in [2.24, 2.45) is 0 Å². The zero-order valence-electron chi connectivity index (χ0n) is 12.4. The molecule has 2 aromatic rings. The number of imidazole rings is 1. The van der Waals surface area contributed by atoms with Crippen LogP contribution in [0.4, 0.5) is 4.39 Å². The fourth-order valence-corrected chi connectivity index (χ4v) is 2.72. The van der Waals surface area contributed by atoms with Gasteiger partial charge in [-0.2, -0.15) is 0 Å². The molecule has 0 radical (unpaired) electrons. The van der Waals surface area contributed by atoms with E-state index in [9.17, 15) is 4.39 Å². The number of rotatable bonds is 7. The van der Waals surface area contributed by atoms with Gasteiger partial charge in [-0.25, -0.2) is 9.37 Å². The van der Waals surface area contributed by atoms with Gasteiger partial charge in [-0.05, 0) is 39.5 Å². The highest BCUT2D eigenvalue weighted by molar-refractivity contribution is 6.31. The lowest BCUT2D eigenvalue weighted by Gasteiger charge is -2.11. The van der Waals surface area contributed by atoms with Crippen LogP contribution < -0.4 is 0 Å². The first-order chi connectivity index (χ1) is 10.0. The number of hydrogen-bond acceptors (Lipinski definition) is 2. The average Bonchev–Trinajstić information content (AvgIpc) is 2.73. The number of benzene rings is 1. The molecule has 1 aromatic carbocycles. The minimum Gasteiger partial charge on any atom is -0.328 e. The van der Waals surface area contributed by atoms with Gasteiger partial charge in [-0.15, -0.1) is 11.6 Å². The predicted molar refractivity (Wildman–Crippen MR) is 86.9 cm³/mol. The molecular formula is C15H20Cl2FN3. The number of aromatic nitrogens is 2. The Bertz CT molecular complexity index is 610. The third kappa shape index (κ3) is 4.09. The lowest BCUT2D eigenvalue weighted by Crippen LogP contribution is -2.14. The molecule has 0 fully saturated rings. The Hall–Kier alpha value is -0.840. The third-order valence-corrected chi connectivity index (χ3v) is 3.90. The molecule has 3 nitrogen and oxygen atoms in total. The van der Waals surface area contributed by atoms with Crippen LogP contribution in [0, 0.1) is 5.82 Å². The SMILES string of the molecule is CN(C)CCCCn1c(CCCl)nc2cc(F)c(Cl)cc21. The molecule has 0 atom stereocenters. The zero-order chi connectivity index (χ0) is 15.4. The lowest BCUT2D eigenvalue weighted by molar-refractivity contribution is 0.387. The highest BCUT2D eigenvalue weighted by Crippen LogP contribution is 2.24. The molecule has 0 spiro atoms. The summed E-state index contributed by atoms with van der Waals surface area (Å²) in [5, 5.41) is 0.134. The van der Waals surface area contributed by atoms with Crippen molar-refractivity contribution in [3.63, 3.8) is 0 Å². The number of nitrogens with zero attached hydrogens (tertiary/aromatic N) is 3. The molecule has 116 valence electrons. The molecule has 0 aliphatic rings. The first-order valence-electron chi connectivity index (χ1n) is 7.07. The molecule has 0 bridgehead atoms. The van der Waals surface area contributed by atoms with Crippen LogP contribution in [0.25, 0.3) is 11.0 Å². The summed E-state index contributed by atoms with van der Waals surface area (Å²) in [6.45, 7) is 1.89. The summed E-state index contributed by atoms with van der Waals surface area (Å²) < 4.78 is 15.7. The summed E-state index contributed by atoms with van der Waals surface area (Å²) in [6.07, 6.45) is 2.80. The van der Waals surface area contributed by atoms with Crippen LogP contribution >= 0.6 is 23.2 Å². The maximum absolute atomic E-state index is 13.6. The smallest absolute Gasteiger partial charge is 0.144 e. The molecule has 21 heavy (non-hydrogen) atoms. The summed E-state index contributed by atoms with van der Waals surface area (Å²) in [7, 11) is 4.13. The molecule has 0 aliphatic heterocycles. The van der Waals surface area contributed by atoms with Gasteiger partial charge in [0.2, 0.25) is 0 Å². The van der Waals surface area contributed by atoms with Gasteiger partial charge in [0, 0.05) is 24.9 Å². The van der Waals surface area contributed by atoms with Crippen LogP contribution in [0.5, 0.6) is 0 Å². The van der Waals surface area contributed by atoms with Gasteiger partial charge in [-0.3, -0.25) is 0 Å². The van der Waals surface area contributed by atoms with E-state index in [1.165, 1.54) is 6.07 Å². The number of hydrogen-bond donors (Lipinski definition) is 0. The fourth-order valence-electron chi connectivity index (χ4n) is 2.39. The molecule has 0 aliphatic carbocycles. The predicted octanol–water partition coefficient (Wildman–Crippen LogP) is 3.95. The van der Waals surface area contributed by atoms with E-state index in [1.54, 1.807) is 6.07 Å². The normalized spacial score (nSPS) is 11.7. The quantitative estimate of drug-likeness (QED) is 0.565. The highest BCUT2D eigenvalue weighted by Gasteiger charge is 2.13. The highest BCUT2D eigenvalue weighted by atomic mass is 35.5. The monoisotopic (exact) mass is 331 g/mol. The van der Waals surface area contributed by atoms with E-state index < -0.39 is 5.82 Å². The molecule has 0 unspecified atom stereocenters. The summed E-state index contributed by atoms with van der Waals surface area (Å²) in [6, 6.07) is 3.05. The second-order valence-corrected chi connectivity index (χ2v) is 6.17. The van der Waals surface area contributed by atoms with E-state index >= 15 is 0 Å². The maximum Gasteiger partial charge on any atom is 0.144 e. The Morgan fingerprint density at radius 1 is 1.29 bits per heavy atom. The summed E-state index contributed by atoms with van der Waals surface area (Å²) >= 11 is 11.7. The Morgan fingerprint density at radius 3 is 2.71 bits per heavy atom. The minimum absolute atomic E-state index is 0.134. The van der Waals surface area contributed by atoms with Crippen molar-refractivity contribution < 1.29 is 4.39 Å². The van der Waals surface area contributed by atoms with Gasteiger partial charge >= 0.3 is 0 Å². The van der Waals surface area contributed by atoms with E-state index in [0.717, 1.165) is 37.3 Å². The van der Waals surface area contributed by atoms with Crippen molar-refractivity contribution in [1.29, 1.82) is 0 Å². The molecule has 2 rings (SSSR count). The Kier molecular flexibility index (Phi) is 5.85. The van der Waals surface area contributed by atoms with Crippen molar-refractivity contribution in [1.82, 2.24) is 14.5 Å². The van der Waals surface area contributed by atoms with Gasteiger partial charge in [0.15, 0.2) is 0 Å². The van der Waals surface area contributed by atoms with Crippen molar-refractivity contribution in [3.8, 4) is 0 Å². The molecule has 0 amide bonds.